The highest BCUT2D eigenvalue weighted by atomic mass is 19.4. The molecule has 0 bridgehead atoms. The third kappa shape index (κ3) is 4.86. The minimum Gasteiger partial charge on any atom is -0.310 e. The van der Waals surface area contributed by atoms with Crippen LogP contribution in [0.25, 0.3) is 0 Å². The van der Waals surface area contributed by atoms with Gasteiger partial charge < -0.3 is 5.32 Å². The molecule has 21 heavy (non-hydrogen) atoms. The van der Waals surface area contributed by atoms with Crippen LogP contribution in [0.1, 0.15) is 23.6 Å². The Morgan fingerprint density at radius 3 is 2.48 bits per heavy atom. The molecule has 2 nitrogen and oxygen atoms in total. The maximum Gasteiger partial charge on any atom is 0.416 e. The van der Waals surface area contributed by atoms with Crippen LogP contribution in [0.3, 0.4) is 0 Å². The quantitative estimate of drug-likeness (QED) is 0.906. The van der Waals surface area contributed by atoms with E-state index in [9.17, 15) is 13.2 Å². The van der Waals surface area contributed by atoms with Gasteiger partial charge in [0.1, 0.15) is 0 Å². The van der Waals surface area contributed by atoms with E-state index in [1.54, 1.807) is 18.5 Å². The molecule has 0 aliphatic carbocycles. The minimum atomic E-state index is -4.29. The summed E-state index contributed by atoms with van der Waals surface area (Å²) in [6, 6.07) is 9.38. The molecule has 0 fully saturated rings. The van der Waals surface area contributed by atoms with Crippen LogP contribution in [-0.4, -0.2) is 11.0 Å². The second-order valence-electron chi connectivity index (χ2n) is 5.04. The first-order valence-corrected chi connectivity index (χ1v) is 6.73. The molecule has 2 rings (SSSR count). The lowest BCUT2D eigenvalue weighted by Gasteiger charge is -2.15. The number of benzene rings is 1. The zero-order valence-corrected chi connectivity index (χ0v) is 11.7. The molecular weight excluding hydrogens is 277 g/mol. The second kappa shape index (κ2) is 6.72. The molecule has 0 saturated carbocycles. The van der Waals surface area contributed by atoms with Crippen LogP contribution < -0.4 is 5.32 Å². The van der Waals surface area contributed by atoms with Gasteiger partial charge in [0.25, 0.3) is 0 Å². The van der Waals surface area contributed by atoms with Gasteiger partial charge in [-0.15, -0.1) is 0 Å². The van der Waals surface area contributed by atoms with Crippen molar-refractivity contribution in [2.45, 2.75) is 32.1 Å². The molecule has 112 valence electrons. The lowest BCUT2D eigenvalue weighted by molar-refractivity contribution is -0.137. The summed E-state index contributed by atoms with van der Waals surface area (Å²) in [6.07, 6.45) is -0.304. The van der Waals surface area contributed by atoms with E-state index in [2.05, 4.69) is 10.3 Å². The number of nitrogens with zero attached hydrogens (tertiary/aromatic N) is 1. The first-order chi connectivity index (χ1) is 9.95. The Labute approximate surface area is 122 Å². The normalized spacial score (nSPS) is 13.1. The summed E-state index contributed by atoms with van der Waals surface area (Å²) in [5.41, 5.74) is 1.18. The predicted octanol–water partition coefficient (Wildman–Crippen LogP) is 3.82. The molecular formula is C16H17F3N2. The van der Waals surface area contributed by atoms with E-state index >= 15 is 0 Å². The summed E-state index contributed by atoms with van der Waals surface area (Å²) in [4.78, 5) is 3.94. The van der Waals surface area contributed by atoms with Crippen molar-refractivity contribution in [3.63, 3.8) is 0 Å². The van der Waals surface area contributed by atoms with E-state index in [0.717, 1.165) is 11.6 Å². The molecule has 5 heteroatoms. The van der Waals surface area contributed by atoms with Crippen LogP contribution in [0.4, 0.5) is 13.2 Å². The molecule has 1 aromatic heterocycles. The fourth-order valence-electron chi connectivity index (χ4n) is 2.09. The number of hydrogen-bond donors (Lipinski definition) is 1. The topological polar surface area (TPSA) is 24.9 Å². The van der Waals surface area contributed by atoms with Gasteiger partial charge in [0, 0.05) is 25.0 Å². The van der Waals surface area contributed by atoms with E-state index in [-0.39, 0.29) is 6.04 Å². The summed E-state index contributed by atoms with van der Waals surface area (Å²) < 4.78 is 38.0. The zero-order valence-electron chi connectivity index (χ0n) is 11.7. The molecule has 0 amide bonds. The molecule has 0 radical (unpaired) electrons. The maximum atomic E-state index is 12.7. The molecule has 0 unspecified atom stereocenters. The van der Waals surface area contributed by atoms with Gasteiger partial charge in [0.15, 0.2) is 0 Å². The monoisotopic (exact) mass is 294 g/mol. The third-order valence-electron chi connectivity index (χ3n) is 3.20. The van der Waals surface area contributed by atoms with Gasteiger partial charge in [-0.05, 0) is 42.7 Å². The molecule has 0 aliphatic heterocycles. The highest BCUT2D eigenvalue weighted by Crippen LogP contribution is 2.29. The van der Waals surface area contributed by atoms with Gasteiger partial charge in [-0.25, -0.2) is 0 Å². The molecule has 0 spiro atoms. The van der Waals surface area contributed by atoms with Crippen molar-refractivity contribution in [3.05, 3.63) is 65.5 Å². The second-order valence-corrected chi connectivity index (χ2v) is 5.04. The fourth-order valence-corrected chi connectivity index (χ4v) is 2.09. The van der Waals surface area contributed by atoms with Crippen molar-refractivity contribution < 1.29 is 13.2 Å². The Balaban J connectivity index is 1.92. The van der Waals surface area contributed by atoms with E-state index in [4.69, 9.17) is 0 Å². The number of hydrogen-bond acceptors (Lipinski definition) is 2. The van der Waals surface area contributed by atoms with Gasteiger partial charge in [-0.2, -0.15) is 13.2 Å². The van der Waals surface area contributed by atoms with Gasteiger partial charge in [0.05, 0.1) is 5.56 Å². The van der Waals surface area contributed by atoms with Crippen molar-refractivity contribution in [2.75, 3.05) is 0 Å². The molecule has 1 atom stereocenters. The number of rotatable bonds is 5. The van der Waals surface area contributed by atoms with Crippen molar-refractivity contribution in [1.82, 2.24) is 10.3 Å². The number of halogens is 3. The molecule has 0 aliphatic rings. The molecule has 2 aromatic rings. The van der Waals surface area contributed by atoms with Crippen molar-refractivity contribution >= 4 is 0 Å². The van der Waals surface area contributed by atoms with Crippen molar-refractivity contribution in [1.29, 1.82) is 0 Å². The standard InChI is InChI=1S/C16H17F3N2/c1-12(21-11-13-5-7-20-8-6-13)9-14-3-2-4-15(10-14)16(17,18)19/h2-8,10,12,21H,9,11H2,1H3/t12-/m0/s1. The molecule has 1 aromatic carbocycles. The SMILES string of the molecule is C[C@@H](Cc1cccc(C(F)(F)F)c1)NCc1ccncc1. The van der Waals surface area contributed by atoms with Crippen LogP contribution in [-0.2, 0) is 19.1 Å². The summed E-state index contributed by atoms with van der Waals surface area (Å²) in [6.45, 7) is 2.63. The highest BCUT2D eigenvalue weighted by Gasteiger charge is 2.30. The summed E-state index contributed by atoms with van der Waals surface area (Å²) in [7, 11) is 0. The average molecular weight is 294 g/mol. The number of alkyl halides is 3. The van der Waals surface area contributed by atoms with Crippen molar-refractivity contribution in [2.24, 2.45) is 0 Å². The Kier molecular flexibility index (Phi) is 4.96. The van der Waals surface area contributed by atoms with E-state index in [0.29, 0.717) is 18.5 Å². The summed E-state index contributed by atoms with van der Waals surface area (Å²) in [5.74, 6) is 0. The largest absolute Gasteiger partial charge is 0.416 e. The van der Waals surface area contributed by atoms with Crippen LogP contribution in [0.2, 0.25) is 0 Å². The smallest absolute Gasteiger partial charge is 0.310 e. The average Bonchev–Trinajstić information content (AvgIpc) is 2.46. The minimum absolute atomic E-state index is 0.0849. The summed E-state index contributed by atoms with van der Waals surface area (Å²) in [5, 5.41) is 3.30. The fraction of sp³-hybridized carbons (Fsp3) is 0.312. The lowest BCUT2D eigenvalue weighted by Crippen LogP contribution is -2.27. The Morgan fingerprint density at radius 2 is 1.81 bits per heavy atom. The van der Waals surface area contributed by atoms with Gasteiger partial charge in [-0.3, -0.25) is 4.98 Å². The Bertz CT molecular complexity index is 567. The number of aromatic nitrogens is 1. The molecule has 1 N–H and O–H groups in total. The van der Waals surface area contributed by atoms with Crippen LogP contribution in [0.15, 0.2) is 48.8 Å². The van der Waals surface area contributed by atoms with E-state index < -0.39 is 11.7 Å². The first-order valence-electron chi connectivity index (χ1n) is 6.73. The van der Waals surface area contributed by atoms with Crippen LogP contribution >= 0.6 is 0 Å². The van der Waals surface area contributed by atoms with Gasteiger partial charge in [0.2, 0.25) is 0 Å². The zero-order chi connectivity index (χ0) is 15.3. The number of pyridine rings is 1. The predicted molar refractivity (Wildman–Crippen MR) is 75.7 cm³/mol. The highest BCUT2D eigenvalue weighted by molar-refractivity contribution is 5.26. The first kappa shape index (κ1) is 15.5. The Morgan fingerprint density at radius 1 is 1.10 bits per heavy atom. The summed E-state index contributed by atoms with van der Waals surface area (Å²) >= 11 is 0. The maximum absolute atomic E-state index is 12.7. The van der Waals surface area contributed by atoms with E-state index in [1.165, 1.54) is 12.1 Å². The van der Waals surface area contributed by atoms with Crippen LogP contribution in [0.5, 0.6) is 0 Å². The molecule has 0 saturated heterocycles. The van der Waals surface area contributed by atoms with Crippen molar-refractivity contribution in [3.8, 4) is 0 Å². The van der Waals surface area contributed by atoms with Crippen LogP contribution in [0, 0.1) is 0 Å². The lowest BCUT2D eigenvalue weighted by atomic mass is 10.0. The number of nitrogens with one attached hydrogen (secondary N) is 1. The Hall–Kier alpha value is -1.88. The molecule has 1 heterocycles. The van der Waals surface area contributed by atoms with Gasteiger partial charge >= 0.3 is 6.18 Å². The van der Waals surface area contributed by atoms with Gasteiger partial charge in [-0.1, -0.05) is 18.2 Å². The third-order valence-corrected chi connectivity index (χ3v) is 3.20. The van der Waals surface area contributed by atoms with E-state index in [1.807, 2.05) is 19.1 Å².